The lowest BCUT2D eigenvalue weighted by Gasteiger charge is -2.17. The van der Waals surface area contributed by atoms with Crippen LogP contribution >= 0.6 is 0 Å². The van der Waals surface area contributed by atoms with Crippen molar-refractivity contribution in [3.8, 4) is 11.5 Å². The van der Waals surface area contributed by atoms with Crippen LogP contribution in [0.3, 0.4) is 0 Å². The zero-order chi connectivity index (χ0) is 12.2. The summed E-state index contributed by atoms with van der Waals surface area (Å²) in [6.45, 7) is 2.12. The van der Waals surface area contributed by atoms with Crippen molar-refractivity contribution in [3.63, 3.8) is 0 Å². The van der Waals surface area contributed by atoms with Crippen molar-refractivity contribution in [1.82, 2.24) is 24.8 Å². The summed E-state index contributed by atoms with van der Waals surface area (Å²) < 4.78 is 2.20. The Bertz CT molecular complexity index is 465. The molecule has 3 rings (SSSR count). The molecule has 2 aromatic heterocycles. The van der Waals surface area contributed by atoms with Crippen molar-refractivity contribution in [2.24, 2.45) is 0 Å². The zero-order valence-corrected chi connectivity index (χ0v) is 10.5. The van der Waals surface area contributed by atoms with Crippen LogP contribution in [0.25, 0.3) is 11.5 Å². The minimum absolute atomic E-state index is 0.559. The molecule has 1 aliphatic rings. The number of aromatic amines is 1. The quantitative estimate of drug-likeness (QED) is 0.867. The van der Waals surface area contributed by atoms with Gasteiger partial charge in [-0.05, 0) is 19.4 Å². The van der Waals surface area contributed by atoms with Crippen LogP contribution in [-0.2, 0) is 6.54 Å². The van der Waals surface area contributed by atoms with Gasteiger partial charge >= 0.3 is 0 Å². The van der Waals surface area contributed by atoms with Gasteiger partial charge in [0, 0.05) is 25.0 Å². The monoisotopic (exact) mass is 245 g/mol. The highest BCUT2D eigenvalue weighted by molar-refractivity contribution is 5.47. The van der Waals surface area contributed by atoms with Crippen molar-refractivity contribution in [3.05, 3.63) is 24.9 Å². The predicted molar refractivity (Wildman–Crippen MR) is 70.1 cm³/mol. The Morgan fingerprint density at radius 2 is 2.33 bits per heavy atom. The van der Waals surface area contributed by atoms with Crippen LogP contribution in [0.5, 0.6) is 0 Å². The first-order chi connectivity index (χ1) is 8.93. The summed E-state index contributed by atoms with van der Waals surface area (Å²) in [5.41, 5.74) is 0.980. The number of hydrogen-bond acceptors (Lipinski definition) is 3. The number of hydrogen-bond donors (Lipinski definition) is 2. The smallest absolute Gasteiger partial charge is 0.158 e. The Labute approximate surface area is 107 Å². The molecule has 0 aliphatic carbocycles. The molecule has 0 saturated carbocycles. The van der Waals surface area contributed by atoms with Crippen LogP contribution in [0.4, 0.5) is 0 Å². The van der Waals surface area contributed by atoms with E-state index in [4.69, 9.17) is 0 Å². The summed E-state index contributed by atoms with van der Waals surface area (Å²) in [5.74, 6) is 0.971. The fourth-order valence-corrected chi connectivity index (χ4v) is 2.57. The first kappa shape index (κ1) is 11.5. The number of H-pyrrole nitrogens is 1. The van der Waals surface area contributed by atoms with Crippen molar-refractivity contribution in [1.29, 1.82) is 0 Å². The maximum atomic E-state index is 4.41. The van der Waals surface area contributed by atoms with Gasteiger partial charge in [-0.2, -0.15) is 0 Å². The Balaban J connectivity index is 1.74. The van der Waals surface area contributed by atoms with E-state index in [9.17, 15) is 0 Å². The molecule has 0 bridgehead atoms. The summed E-state index contributed by atoms with van der Waals surface area (Å²) in [6, 6.07) is 0.559. The molecule has 3 heterocycles. The van der Waals surface area contributed by atoms with Gasteiger partial charge in [-0.3, -0.25) is 0 Å². The first-order valence-electron chi connectivity index (χ1n) is 6.67. The SMILES string of the molecule is c1cn(CC2CCCCCN2)c(-c2cnc[nH]2)n1. The molecule has 18 heavy (non-hydrogen) atoms. The van der Waals surface area contributed by atoms with E-state index >= 15 is 0 Å². The molecule has 0 spiro atoms. The molecular weight excluding hydrogens is 226 g/mol. The summed E-state index contributed by atoms with van der Waals surface area (Å²) in [6.07, 6.45) is 12.6. The molecule has 96 valence electrons. The van der Waals surface area contributed by atoms with Gasteiger partial charge in [-0.1, -0.05) is 12.8 Å². The van der Waals surface area contributed by atoms with Gasteiger partial charge in [-0.15, -0.1) is 0 Å². The molecule has 5 heteroatoms. The second kappa shape index (κ2) is 5.35. The van der Waals surface area contributed by atoms with Gasteiger partial charge < -0.3 is 14.9 Å². The largest absolute Gasteiger partial charge is 0.342 e. The van der Waals surface area contributed by atoms with Crippen LogP contribution < -0.4 is 5.32 Å². The van der Waals surface area contributed by atoms with Crippen molar-refractivity contribution >= 4 is 0 Å². The molecule has 1 atom stereocenters. The van der Waals surface area contributed by atoms with Gasteiger partial charge in [0.05, 0.1) is 12.5 Å². The van der Waals surface area contributed by atoms with E-state index < -0.39 is 0 Å². The number of imidazole rings is 2. The average Bonchev–Trinajstić information content (AvgIpc) is 2.97. The number of rotatable bonds is 3. The van der Waals surface area contributed by atoms with Crippen molar-refractivity contribution < 1.29 is 0 Å². The Kier molecular flexibility index (Phi) is 3.41. The number of aromatic nitrogens is 4. The third-order valence-electron chi connectivity index (χ3n) is 3.53. The van der Waals surface area contributed by atoms with E-state index in [1.807, 2.05) is 18.6 Å². The maximum Gasteiger partial charge on any atom is 0.158 e. The molecular formula is C13H19N5. The Hall–Kier alpha value is -1.62. The molecule has 1 saturated heterocycles. The minimum atomic E-state index is 0.559. The van der Waals surface area contributed by atoms with Crippen LogP contribution in [0.15, 0.2) is 24.9 Å². The number of nitrogens with zero attached hydrogens (tertiary/aromatic N) is 3. The molecule has 5 nitrogen and oxygen atoms in total. The Morgan fingerprint density at radius 3 is 3.22 bits per heavy atom. The van der Waals surface area contributed by atoms with E-state index in [1.54, 1.807) is 6.33 Å². The van der Waals surface area contributed by atoms with Crippen molar-refractivity contribution in [2.75, 3.05) is 6.54 Å². The highest BCUT2D eigenvalue weighted by atomic mass is 15.1. The van der Waals surface area contributed by atoms with E-state index in [0.717, 1.165) is 24.6 Å². The van der Waals surface area contributed by atoms with Gasteiger partial charge in [0.1, 0.15) is 5.69 Å². The minimum Gasteiger partial charge on any atom is -0.342 e. The van der Waals surface area contributed by atoms with Gasteiger partial charge in [0.15, 0.2) is 5.82 Å². The van der Waals surface area contributed by atoms with E-state index in [2.05, 4.69) is 24.8 Å². The van der Waals surface area contributed by atoms with Crippen LogP contribution in [0.1, 0.15) is 25.7 Å². The summed E-state index contributed by atoms with van der Waals surface area (Å²) in [5, 5.41) is 3.62. The second-order valence-corrected chi connectivity index (χ2v) is 4.87. The second-order valence-electron chi connectivity index (χ2n) is 4.87. The molecule has 1 fully saturated rings. The molecule has 0 amide bonds. The third kappa shape index (κ3) is 2.46. The highest BCUT2D eigenvalue weighted by Crippen LogP contribution is 2.16. The molecule has 1 aliphatic heterocycles. The summed E-state index contributed by atoms with van der Waals surface area (Å²) in [7, 11) is 0. The molecule has 2 N–H and O–H groups in total. The predicted octanol–water partition coefficient (Wildman–Crippen LogP) is 1.81. The highest BCUT2D eigenvalue weighted by Gasteiger charge is 2.14. The van der Waals surface area contributed by atoms with E-state index in [-0.39, 0.29) is 0 Å². The summed E-state index contributed by atoms with van der Waals surface area (Å²) >= 11 is 0. The fourth-order valence-electron chi connectivity index (χ4n) is 2.57. The molecule has 2 aromatic rings. The zero-order valence-electron chi connectivity index (χ0n) is 10.5. The van der Waals surface area contributed by atoms with E-state index in [0.29, 0.717) is 6.04 Å². The fraction of sp³-hybridized carbons (Fsp3) is 0.538. The van der Waals surface area contributed by atoms with Crippen LogP contribution in [0, 0.1) is 0 Å². The van der Waals surface area contributed by atoms with Gasteiger partial charge in [-0.25, -0.2) is 9.97 Å². The first-order valence-corrected chi connectivity index (χ1v) is 6.67. The standard InChI is InChI=1S/C13H19N5/c1-2-4-11(15-5-3-1)9-18-7-6-16-13(18)12-8-14-10-17-12/h6-8,10-11,15H,1-5,9H2,(H,14,17). The van der Waals surface area contributed by atoms with Crippen molar-refractivity contribution in [2.45, 2.75) is 38.3 Å². The van der Waals surface area contributed by atoms with Gasteiger partial charge in [0.25, 0.3) is 0 Å². The maximum absolute atomic E-state index is 4.41. The number of nitrogens with one attached hydrogen (secondary N) is 2. The third-order valence-corrected chi connectivity index (χ3v) is 3.53. The topological polar surface area (TPSA) is 58.5 Å². The van der Waals surface area contributed by atoms with Crippen LogP contribution in [0.2, 0.25) is 0 Å². The lowest BCUT2D eigenvalue weighted by molar-refractivity contribution is 0.446. The lowest BCUT2D eigenvalue weighted by Crippen LogP contribution is -2.32. The molecule has 0 aromatic carbocycles. The molecule has 1 unspecified atom stereocenters. The van der Waals surface area contributed by atoms with E-state index in [1.165, 1.54) is 25.7 Å². The normalized spacial score (nSPS) is 20.8. The van der Waals surface area contributed by atoms with Gasteiger partial charge in [0.2, 0.25) is 0 Å². The average molecular weight is 245 g/mol. The lowest BCUT2D eigenvalue weighted by atomic mass is 10.1. The summed E-state index contributed by atoms with van der Waals surface area (Å²) in [4.78, 5) is 11.6. The molecule has 0 radical (unpaired) electrons. The Morgan fingerprint density at radius 1 is 1.33 bits per heavy atom. The van der Waals surface area contributed by atoms with Crippen LogP contribution in [-0.4, -0.2) is 32.1 Å².